The van der Waals surface area contributed by atoms with E-state index in [1.807, 2.05) is 0 Å². The van der Waals surface area contributed by atoms with E-state index in [2.05, 4.69) is 0 Å². The predicted molar refractivity (Wildman–Crippen MR) is 40.2 cm³/mol. The highest BCUT2D eigenvalue weighted by molar-refractivity contribution is 5.78. The van der Waals surface area contributed by atoms with Gasteiger partial charge in [0, 0.05) is 6.54 Å². The first kappa shape index (κ1) is 10.3. The molecule has 0 bridgehead atoms. The molecule has 6 heteroatoms. The summed E-state index contributed by atoms with van der Waals surface area (Å²) < 4.78 is 26.5. The molecule has 0 radical (unpaired) electrons. The number of hydroxylamine groups is 1. The van der Waals surface area contributed by atoms with Crippen LogP contribution >= 0.6 is 0 Å². The van der Waals surface area contributed by atoms with Gasteiger partial charge in [-0.2, -0.15) is 8.78 Å². The molecule has 76 valence electrons. The fourth-order valence-electron chi connectivity index (χ4n) is 1.49. The van der Waals surface area contributed by atoms with E-state index in [9.17, 15) is 13.6 Å². The minimum Gasteiger partial charge on any atom is -0.289 e. The Hall–Kier alpha value is -0.750. The molecule has 1 heterocycles. The Bertz CT molecular complexity index is 211. The maximum Gasteiger partial charge on any atom is 0.316 e. The predicted octanol–water partition coefficient (Wildman–Crippen LogP) is 0.426. The number of piperidine rings is 1. The molecule has 1 rings (SSSR count). The molecule has 1 unspecified atom stereocenters. The first-order valence-electron chi connectivity index (χ1n) is 4.03. The van der Waals surface area contributed by atoms with E-state index in [0.717, 1.165) is 4.90 Å². The van der Waals surface area contributed by atoms with Crippen LogP contribution in [0.1, 0.15) is 12.8 Å². The quantitative estimate of drug-likeness (QED) is 0.361. The van der Waals surface area contributed by atoms with Crippen LogP contribution in [0.15, 0.2) is 0 Å². The Balaban J connectivity index is 2.77. The zero-order chi connectivity index (χ0) is 10.1. The topological polar surface area (TPSA) is 52.6 Å². The highest BCUT2D eigenvalue weighted by Crippen LogP contribution is 2.35. The molecule has 4 nitrogen and oxygen atoms in total. The molecule has 0 spiro atoms. The van der Waals surface area contributed by atoms with Gasteiger partial charge >= 0.3 is 6.05 Å². The third-order valence-electron chi connectivity index (χ3n) is 2.34. The summed E-state index contributed by atoms with van der Waals surface area (Å²) in [6.07, 6.45) is 0.633. The summed E-state index contributed by atoms with van der Waals surface area (Å²) >= 11 is 0. The van der Waals surface area contributed by atoms with Crippen molar-refractivity contribution in [1.82, 2.24) is 10.4 Å². The number of alkyl halides is 2. The molecule has 13 heavy (non-hydrogen) atoms. The monoisotopic (exact) mass is 194 g/mol. The fourth-order valence-corrected chi connectivity index (χ4v) is 1.49. The van der Waals surface area contributed by atoms with Gasteiger partial charge in [0.25, 0.3) is 5.91 Å². The normalized spacial score (nSPS) is 28.5. The molecule has 1 saturated heterocycles. The van der Waals surface area contributed by atoms with E-state index in [0.29, 0.717) is 6.42 Å². The molecule has 1 atom stereocenters. The first-order valence-corrected chi connectivity index (χ1v) is 4.03. The van der Waals surface area contributed by atoms with Crippen LogP contribution in [-0.2, 0) is 4.79 Å². The number of nitrogens with one attached hydrogen (secondary N) is 1. The summed E-state index contributed by atoms with van der Waals surface area (Å²) in [6, 6.07) is -3.16. The summed E-state index contributed by atoms with van der Waals surface area (Å²) in [6.45, 7) is 0.266. The number of amides is 1. The number of rotatable bonds is 1. The van der Waals surface area contributed by atoms with Crippen molar-refractivity contribution in [2.45, 2.75) is 18.9 Å². The second-order valence-electron chi connectivity index (χ2n) is 3.18. The fraction of sp³-hybridized carbons (Fsp3) is 0.857. The highest BCUT2D eigenvalue weighted by atomic mass is 19.3. The second-order valence-corrected chi connectivity index (χ2v) is 3.18. The van der Waals surface area contributed by atoms with Gasteiger partial charge in [0.2, 0.25) is 0 Å². The Kier molecular flexibility index (Phi) is 2.82. The Morgan fingerprint density at radius 3 is 2.85 bits per heavy atom. The Labute approximate surface area is 74.5 Å². The van der Waals surface area contributed by atoms with Gasteiger partial charge in [0.05, 0.1) is 0 Å². The van der Waals surface area contributed by atoms with Crippen molar-refractivity contribution in [1.29, 1.82) is 0 Å². The molecule has 0 aromatic rings. The number of hydrogen-bond acceptors (Lipinski definition) is 3. The van der Waals surface area contributed by atoms with E-state index in [1.165, 1.54) is 12.5 Å². The number of carbonyl (C=O) groups is 1. The van der Waals surface area contributed by atoms with Gasteiger partial charge < -0.3 is 0 Å². The van der Waals surface area contributed by atoms with Crippen molar-refractivity contribution in [3.63, 3.8) is 0 Å². The van der Waals surface area contributed by atoms with Crippen LogP contribution in [0.4, 0.5) is 8.78 Å². The lowest BCUT2D eigenvalue weighted by atomic mass is 9.95. The Morgan fingerprint density at radius 2 is 2.31 bits per heavy atom. The van der Waals surface area contributed by atoms with Crippen LogP contribution in [-0.4, -0.2) is 35.7 Å². The van der Waals surface area contributed by atoms with Crippen LogP contribution in [0.3, 0.4) is 0 Å². The lowest BCUT2D eigenvalue weighted by Crippen LogP contribution is -2.53. The van der Waals surface area contributed by atoms with Crippen LogP contribution in [0, 0.1) is 5.92 Å². The summed E-state index contributed by atoms with van der Waals surface area (Å²) in [5, 5.41) is 8.25. The van der Waals surface area contributed by atoms with Gasteiger partial charge in [0.15, 0.2) is 0 Å². The number of nitrogens with zero attached hydrogens (tertiary/aromatic N) is 1. The standard InChI is InChI=1S/C7H12F2N2O2/c1-11-4-2-3-5(6(12)10-13)7(11,8)9/h5,13H,2-4H2,1H3,(H,10,12). The van der Waals surface area contributed by atoms with E-state index >= 15 is 0 Å². The van der Waals surface area contributed by atoms with Crippen molar-refractivity contribution < 1.29 is 18.8 Å². The van der Waals surface area contributed by atoms with Gasteiger partial charge in [-0.3, -0.25) is 10.0 Å². The van der Waals surface area contributed by atoms with Crippen molar-refractivity contribution in [3.05, 3.63) is 0 Å². The molecule has 1 amide bonds. The van der Waals surface area contributed by atoms with Gasteiger partial charge in [-0.15, -0.1) is 0 Å². The van der Waals surface area contributed by atoms with Crippen LogP contribution in [0.2, 0.25) is 0 Å². The third kappa shape index (κ3) is 1.78. The molecule has 0 aromatic heterocycles. The molecule has 2 N–H and O–H groups in total. The molecule has 0 aromatic carbocycles. The van der Waals surface area contributed by atoms with E-state index in [-0.39, 0.29) is 13.0 Å². The van der Waals surface area contributed by atoms with Crippen LogP contribution in [0.25, 0.3) is 0 Å². The minimum absolute atomic E-state index is 0.101. The van der Waals surface area contributed by atoms with Crippen molar-refractivity contribution in [3.8, 4) is 0 Å². The zero-order valence-electron chi connectivity index (χ0n) is 7.26. The molecule has 0 aliphatic carbocycles. The van der Waals surface area contributed by atoms with E-state index < -0.39 is 17.9 Å². The molecule has 1 fully saturated rings. The third-order valence-corrected chi connectivity index (χ3v) is 2.34. The van der Waals surface area contributed by atoms with Crippen molar-refractivity contribution in [2.75, 3.05) is 13.6 Å². The maximum absolute atomic E-state index is 13.3. The highest BCUT2D eigenvalue weighted by Gasteiger charge is 2.49. The second kappa shape index (κ2) is 3.55. The average Bonchev–Trinajstić information content (AvgIpc) is 2.08. The van der Waals surface area contributed by atoms with Gasteiger partial charge in [0.1, 0.15) is 5.92 Å². The maximum atomic E-state index is 13.3. The molecule has 1 aliphatic rings. The first-order chi connectivity index (χ1) is 6.00. The molecular weight excluding hydrogens is 182 g/mol. The van der Waals surface area contributed by atoms with E-state index in [1.54, 1.807) is 0 Å². The van der Waals surface area contributed by atoms with Crippen molar-refractivity contribution in [2.24, 2.45) is 5.92 Å². The molecule has 1 aliphatic heterocycles. The summed E-state index contributed by atoms with van der Waals surface area (Å²) in [4.78, 5) is 11.7. The summed E-state index contributed by atoms with van der Waals surface area (Å²) in [7, 11) is 1.26. The smallest absolute Gasteiger partial charge is 0.289 e. The lowest BCUT2D eigenvalue weighted by molar-refractivity contribution is -0.201. The van der Waals surface area contributed by atoms with Crippen molar-refractivity contribution >= 4 is 5.91 Å². The number of halogens is 2. The van der Waals surface area contributed by atoms with Crippen LogP contribution < -0.4 is 5.48 Å². The molecule has 0 saturated carbocycles. The minimum atomic E-state index is -3.16. The number of hydrogen-bond donors (Lipinski definition) is 2. The average molecular weight is 194 g/mol. The Morgan fingerprint density at radius 1 is 1.69 bits per heavy atom. The lowest BCUT2D eigenvalue weighted by Gasteiger charge is -2.37. The number of carbonyl (C=O) groups excluding carboxylic acids is 1. The zero-order valence-corrected chi connectivity index (χ0v) is 7.26. The SMILES string of the molecule is CN1CCCC(C(=O)NO)C1(F)F. The van der Waals surface area contributed by atoms with Gasteiger partial charge in [-0.05, 0) is 19.9 Å². The van der Waals surface area contributed by atoms with Gasteiger partial charge in [-0.25, -0.2) is 10.4 Å². The summed E-state index contributed by atoms with van der Waals surface area (Å²) in [5.74, 6) is -2.47. The van der Waals surface area contributed by atoms with Gasteiger partial charge in [-0.1, -0.05) is 0 Å². The molecular formula is C7H12F2N2O2. The number of likely N-dealkylation sites (tertiary alicyclic amines) is 1. The summed E-state index contributed by atoms with van der Waals surface area (Å²) in [5.41, 5.74) is 1.27. The van der Waals surface area contributed by atoms with Crippen LogP contribution in [0.5, 0.6) is 0 Å². The van der Waals surface area contributed by atoms with E-state index in [4.69, 9.17) is 5.21 Å². The largest absolute Gasteiger partial charge is 0.316 e.